The number of rotatable bonds is 6. The fourth-order valence-electron chi connectivity index (χ4n) is 5.59. The van der Waals surface area contributed by atoms with Gasteiger partial charge in [0, 0.05) is 41.2 Å². The van der Waals surface area contributed by atoms with Crippen LogP contribution in [0.3, 0.4) is 0 Å². The molecule has 0 unspecified atom stereocenters. The van der Waals surface area contributed by atoms with Crippen LogP contribution in [0.15, 0.2) is 18.6 Å². The van der Waals surface area contributed by atoms with E-state index in [1.54, 1.807) is 6.33 Å². The SMILES string of the molecule is Cc1cc(-c2[nH]c3sc(C4CCC(NCC5(C)COC5)CC4)nc3c2C(C)C)cn2ncnc12. The third-order valence-electron chi connectivity index (χ3n) is 7.63. The lowest BCUT2D eigenvalue weighted by Gasteiger charge is -2.40. The predicted molar refractivity (Wildman–Crippen MR) is 137 cm³/mol. The number of aromatic nitrogens is 5. The maximum atomic E-state index is 5.40. The first-order chi connectivity index (χ1) is 16.4. The van der Waals surface area contributed by atoms with E-state index in [2.05, 4.69) is 60.3 Å². The molecule has 0 bridgehead atoms. The first-order valence-electron chi connectivity index (χ1n) is 12.5. The fraction of sp³-hybridized carbons (Fsp3) is 0.577. The summed E-state index contributed by atoms with van der Waals surface area (Å²) in [5.74, 6) is 0.950. The molecule has 2 aliphatic rings. The maximum absolute atomic E-state index is 5.40. The van der Waals surface area contributed by atoms with Gasteiger partial charge in [0.05, 0.1) is 23.9 Å². The van der Waals surface area contributed by atoms with E-state index < -0.39 is 0 Å². The molecule has 0 spiro atoms. The summed E-state index contributed by atoms with van der Waals surface area (Å²) in [7, 11) is 0. The lowest BCUT2D eigenvalue weighted by Crippen LogP contribution is -2.50. The van der Waals surface area contributed by atoms with Crippen molar-refractivity contribution >= 4 is 27.3 Å². The molecule has 0 aromatic carbocycles. The fourth-order valence-corrected chi connectivity index (χ4v) is 6.74. The molecule has 0 amide bonds. The Balaban J connectivity index is 1.23. The van der Waals surface area contributed by atoms with Crippen LogP contribution < -0.4 is 5.32 Å². The summed E-state index contributed by atoms with van der Waals surface area (Å²) >= 11 is 1.85. The molecule has 0 radical (unpaired) electrons. The number of aromatic amines is 1. The number of aryl methyl sites for hydroxylation is 1. The number of fused-ring (bicyclic) bond motifs is 2. The highest BCUT2D eigenvalue weighted by molar-refractivity contribution is 7.18. The number of hydrogen-bond donors (Lipinski definition) is 2. The Kier molecular flexibility index (Phi) is 5.50. The van der Waals surface area contributed by atoms with Gasteiger partial charge in [-0.2, -0.15) is 5.10 Å². The van der Waals surface area contributed by atoms with Crippen molar-refractivity contribution in [1.82, 2.24) is 29.9 Å². The molecular formula is C26H34N6OS. The Morgan fingerprint density at radius 3 is 2.76 bits per heavy atom. The van der Waals surface area contributed by atoms with Gasteiger partial charge in [0.1, 0.15) is 16.7 Å². The predicted octanol–water partition coefficient (Wildman–Crippen LogP) is 5.42. The summed E-state index contributed by atoms with van der Waals surface area (Å²) in [6.45, 7) is 11.8. The van der Waals surface area contributed by atoms with Crippen LogP contribution in [-0.2, 0) is 4.74 Å². The van der Waals surface area contributed by atoms with Crippen LogP contribution in [0.2, 0.25) is 0 Å². The molecule has 1 aliphatic carbocycles. The first kappa shape index (κ1) is 22.2. The summed E-state index contributed by atoms with van der Waals surface area (Å²) in [5.41, 5.74) is 7.14. The molecule has 0 atom stereocenters. The van der Waals surface area contributed by atoms with Crippen LogP contribution in [0.4, 0.5) is 0 Å². The average molecular weight is 479 g/mol. The van der Waals surface area contributed by atoms with E-state index in [4.69, 9.17) is 9.72 Å². The summed E-state index contributed by atoms with van der Waals surface area (Å²) < 4.78 is 7.27. The van der Waals surface area contributed by atoms with Crippen molar-refractivity contribution in [1.29, 1.82) is 0 Å². The molecule has 5 heterocycles. The summed E-state index contributed by atoms with van der Waals surface area (Å²) in [6, 6.07) is 2.84. The van der Waals surface area contributed by atoms with Gasteiger partial charge >= 0.3 is 0 Å². The third-order valence-corrected chi connectivity index (χ3v) is 8.76. The van der Waals surface area contributed by atoms with Crippen LogP contribution in [-0.4, -0.2) is 50.4 Å². The van der Waals surface area contributed by atoms with Gasteiger partial charge in [0.2, 0.25) is 0 Å². The van der Waals surface area contributed by atoms with Crippen molar-refractivity contribution in [3.63, 3.8) is 0 Å². The summed E-state index contributed by atoms with van der Waals surface area (Å²) in [4.78, 5) is 14.5. The number of pyridine rings is 1. The van der Waals surface area contributed by atoms with Crippen molar-refractivity contribution in [2.24, 2.45) is 5.41 Å². The Morgan fingerprint density at radius 1 is 1.26 bits per heavy atom. The molecule has 4 aromatic heterocycles. The second kappa shape index (κ2) is 8.43. The van der Waals surface area contributed by atoms with Gasteiger partial charge in [-0.1, -0.05) is 20.8 Å². The number of nitrogens with one attached hydrogen (secondary N) is 2. The van der Waals surface area contributed by atoms with Crippen LogP contribution in [0.1, 0.15) is 74.4 Å². The molecule has 1 saturated heterocycles. The number of ether oxygens (including phenoxy) is 1. The Bertz CT molecular complexity index is 1320. The first-order valence-corrected chi connectivity index (χ1v) is 13.4. The molecule has 6 rings (SSSR count). The molecule has 2 fully saturated rings. The minimum Gasteiger partial charge on any atom is -0.380 e. The van der Waals surface area contributed by atoms with E-state index >= 15 is 0 Å². The van der Waals surface area contributed by atoms with Crippen LogP contribution in [0, 0.1) is 12.3 Å². The monoisotopic (exact) mass is 478 g/mol. The quantitative estimate of drug-likeness (QED) is 0.387. The molecule has 7 nitrogen and oxygen atoms in total. The van der Waals surface area contributed by atoms with Gasteiger partial charge in [0.25, 0.3) is 0 Å². The molecule has 34 heavy (non-hydrogen) atoms. The highest BCUT2D eigenvalue weighted by Gasteiger charge is 2.34. The molecular weight excluding hydrogens is 444 g/mol. The van der Waals surface area contributed by atoms with Crippen LogP contribution >= 0.6 is 11.3 Å². The molecule has 2 N–H and O–H groups in total. The van der Waals surface area contributed by atoms with Gasteiger partial charge in [-0.25, -0.2) is 14.5 Å². The van der Waals surface area contributed by atoms with Crippen molar-refractivity contribution in [3.05, 3.63) is 34.7 Å². The van der Waals surface area contributed by atoms with E-state index in [0.717, 1.165) is 47.7 Å². The van der Waals surface area contributed by atoms with Crippen molar-refractivity contribution in [2.75, 3.05) is 19.8 Å². The van der Waals surface area contributed by atoms with Crippen molar-refractivity contribution in [3.8, 4) is 11.3 Å². The van der Waals surface area contributed by atoms with Crippen LogP contribution in [0.25, 0.3) is 27.3 Å². The van der Waals surface area contributed by atoms with Crippen molar-refractivity contribution < 1.29 is 4.74 Å². The molecule has 8 heteroatoms. The largest absolute Gasteiger partial charge is 0.380 e. The number of hydrogen-bond acceptors (Lipinski definition) is 6. The number of H-pyrrole nitrogens is 1. The zero-order valence-corrected chi connectivity index (χ0v) is 21.3. The molecule has 180 valence electrons. The zero-order valence-electron chi connectivity index (χ0n) is 20.5. The van der Waals surface area contributed by atoms with E-state index in [1.807, 2.05) is 15.9 Å². The van der Waals surface area contributed by atoms with Gasteiger partial charge in [-0.05, 0) is 50.2 Å². The standard InChI is InChI=1S/C26H34N6OS/c1-15(2)20-21(18-9-16(3)23-28-14-29-32(23)10-18)30-25-22(20)31-24(34-25)17-5-7-19(8-6-17)27-11-26(4)12-33-13-26/h9-10,14-15,17,19,27,30H,5-8,11-13H2,1-4H3. The third kappa shape index (κ3) is 3.85. The lowest BCUT2D eigenvalue weighted by atomic mass is 9.84. The highest BCUT2D eigenvalue weighted by atomic mass is 32.1. The highest BCUT2D eigenvalue weighted by Crippen LogP contribution is 2.42. The second-order valence-electron chi connectivity index (χ2n) is 11.0. The van der Waals surface area contributed by atoms with Crippen LogP contribution in [0.5, 0.6) is 0 Å². The Labute approximate surface area is 204 Å². The summed E-state index contributed by atoms with van der Waals surface area (Å²) in [5, 5.41) is 9.47. The van der Waals surface area contributed by atoms with Crippen molar-refractivity contribution in [2.45, 2.75) is 71.3 Å². The Hall–Kier alpha value is -2.29. The average Bonchev–Trinajstić information content (AvgIpc) is 3.50. The second-order valence-corrected chi connectivity index (χ2v) is 12.0. The molecule has 1 saturated carbocycles. The van der Waals surface area contributed by atoms with E-state index in [1.165, 1.54) is 41.1 Å². The maximum Gasteiger partial charge on any atom is 0.158 e. The van der Waals surface area contributed by atoms with E-state index in [9.17, 15) is 0 Å². The normalized spacial score (nSPS) is 22.6. The minimum atomic E-state index is 0.340. The van der Waals surface area contributed by atoms with Gasteiger partial charge in [0.15, 0.2) is 5.65 Å². The number of nitrogens with zero attached hydrogens (tertiary/aromatic N) is 4. The van der Waals surface area contributed by atoms with Gasteiger partial charge in [-0.15, -0.1) is 11.3 Å². The smallest absolute Gasteiger partial charge is 0.158 e. The molecule has 1 aliphatic heterocycles. The van der Waals surface area contributed by atoms with Gasteiger partial charge in [-0.3, -0.25) is 0 Å². The Morgan fingerprint density at radius 2 is 2.06 bits per heavy atom. The van der Waals surface area contributed by atoms with Gasteiger partial charge < -0.3 is 15.0 Å². The van der Waals surface area contributed by atoms with E-state index in [0.29, 0.717) is 23.3 Å². The topological polar surface area (TPSA) is 80.1 Å². The number of thiazole rings is 1. The van der Waals surface area contributed by atoms with E-state index in [-0.39, 0.29) is 0 Å². The molecule has 4 aromatic rings. The minimum absolute atomic E-state index is 0.340. The lowest BCUT2D eigenvalue weighted by molar-refractivity contribution is -0.100. The zero-order chi connectivity index (χ0) is 23.4. The summed E-state index contributed by atoms with van der Waals surface area (Å²) in [6.07, 6.45) is 8.58.